The molecule has 150 valence electrons. The lowest BCUT2D eigenvalue weighted by atomic mass is 10.0. The number of nitrogens with one attached hydrogen (secondary N) is 2. The summed E-state index contributed by atoms with van der Waals surface area (Å²) in [5.41, 5.74) is 2.03. The minimum atomic E-state index is -0.847. The van der Waals surface area contributed by atoms with Crippen molar-refractivity contribution in [1.82, 2.24) is 10.6 Å². The summed E-state index contributed by atoms with van der Waals surface area (Å²) in [6, 6.07) is 15.0. The second kappa shape index (κ2) is 8.43. The summed E-state index contributed by atoms with van der Waals surface area (Å²) in [5, 5.41) is 9.68. The summed E-state index contributed by atoms with van der Waals surface area (Å²) in [6.07, 6.45) is 1.69. The van der Waals surface area contributed by atoms with Gasteiger partial charge in [0.1, 0.15) is 11.9 Å². The van der Waals surface area contributed by atoms with Crippen LogP contribution < -0.4 is 10.6 Å². The number of halogens is 1. The lowest BCUT2D eigenvalue weighted by molar-refractivity contribution is -0.135. The van der Waals surface area contributed by atoms with E-state index in [-0.39, 0.29) is 24.2 Å². The topological polar surface area (TPSA) is 79.8 Å². The van der Waals surface area contributed by atoms with Crippen LogP contribution in [0.1, 0.15) is 30.4 Å². The molecule has 2 aliphatic rings. The first-order chi connectivity index (χ1) is 14.1. The molecule has 0 radical (unpaired) electrons. The second-order valence-corrected chi connectivity index (χ2v) is 7.38. The van der Waals surface area contributed by atoms with Gasteiger partial charge in [-0.2, -0.15) is 0 Å². The molecule has 2 aromatic carbocycles. The maximum absolute atomic E-state index is 13.4. The van der Waals surface area contributed by atoms with Crippen LogP contribution in [0.2, 0.25) is 0 Å². The van der Waals surface area contributed by atoms with Gasteiger partial charge >= 0.3 is 0 Å². The molecule has 4 rings (SSSR count). The Morgan fingerprint density at radius 3 is 2.66 bits per heavy atom. The van der Waals surface area contributed by atoms with Gasteiger partial charge in [0, 0.05) is 24.4 Å². The van der Waals surface area contributed by atoms with Gasteiger partial charge in [-0.05, 0) is 30.5 Å². The summed E-state index contributed by atoms with van der Waals surface area (Å²) < 4.78 is 13.4. The molecule has 1 saturated carbocycles. The van der Waals surface area contributed by atoms with E-state index < -0.39 is 18.1 Å². The zero-order valence-electron chi connectivity index (χ0n) is 15.8. The molecule has 0 aromatic heterocycles. The number of amides is 2. The fourth-order valence-corrected chi connectivity index (χ4v) is 3.21. The molecule has 0 saturated heterocycles. The Balaban J connectivity index is 1.40. The van der Waals surface area contributed by atoms with E-state index >= 15 is 0 Å². The quantitative estimate of drug-likeness (QED) is 0.755. The third-order valence-electron chi connectivity index (χ3n) is 4.96. The van der Waals surface area contributed by atoms with Crippen molar-refractivity contribution in [2.45, 2.75) is 43.9 Å². The molecule has 2 aromatic rings. The summed E-state index contributed by atoms with van der Waals surface area (Å²) >= 11 is 0. The molecule has 29 heavy (non-hydrogen) atoms. The van der Waals surface area contributed by atoms with E-state index in [0.29, 0.717) is 17.7 Å². The normalized spacial score (nSPS) is 19.1. The molecule has 1 aliphatic heterocycles. The lowest BCUT2D eigenvalue weighted by Crippen LogP contribution is -2.51. The Labute approximate surface area is 168 Å². The first-order valence-electron chi connectivity index (χ1n) is 9.72. The number of hydrogen-bond donors (Lipinski definition) is 2. The van der Waals surface area contributed by atoms with Crippen LogP contribution in [0.4, 0.5) is 4.39 Å². The number of hydrogen-bond acceptors (Lipinski definition) is 4. The molecule has 7 heteroatoms. The van der Waals surface area contributed by atoms with E-state index in [2.05, 4.69) is 15.8 Å². The third-order valence-corrected chi connectivity index (χ3v) is 4.96. The van der Waals surface area contributed by atoms with E-state index in [4.69, 9.17) is 4.84 Å². The second-order valence-electron chi connectivity index (χ2n) is 7.38. The van der Waals surface area contributed by atoms with Crippen molar-refractivity contribution < 1.29 is 18.8 Å². The van der Waals surface area contributed by atoms with Crippen LogP contribution in [0.3, 0.4) is 0 Å². The van der Waals surface area contributed by atoms with Crippen LogP contribution in [0, 0.1) is 5.82 Å². The van der Waals surface area contributed by atoms with Gasteiger partial charge in [0.05, 0.1) is 5.71 Å². The molecule has 2 atom stereocenters. The highest BCUT2D eigenvalue weighted by molar-refractivity contribution is 6.04. The average Bonchev–Trinajstić information content (AvgIpc) is 3.39. The highest BCUT2D eigenvalue weighted by Gasteiger charge is 2.33. The number of carbonyl (C=O) groups excluding carboxylic acids is 2. The maximum Gasteiger partial charge on any atom is 0.265 e. The van der Waals surface area contributed by atoms with Crippen molar-refractivity contribution in [2.24, 2.45) is 5.16 Å². The Bertz CT molecular complexity index is 928. The fraction of sp³-hybridized carbons (Fsp3) is 0.318. The number of oxime groups is 1. The van der Waals surface area contributed by atoms with E-state index in [1.165, 1.54) is 12.1 Å². The van der Waals surface area contributed by atoms with Gasteiger partial charge in [-0.1, -0.05) is 47.6 Å². The fourth-order valence-electron chi connectivity index (χ4n) is 3.21. The standard InChI is InChI=1S/C22H22FN3O3/c23-16-8-4-7-15(12-16)18-13-20(29-26-18)22(28)25-19(21(27)24-17-9-10-17)11-14-5-2-1-3-6-14/h1-8,12,17,19-20H,9-11,13H2,(H,24,27)(H,25,28)/t19-,20-/m0/s1. The summed E-state index contributed by atoms with van der Waals surface area (Å²) in [5.74, 6) is -0.987. The lowest BCUT2D eigenvalue weighted by Gasteiger charge is -2.20. The van der Waals surface area contributed by atoms with Crippen molar-refractivity contribution in [1.29, 1.82) is 0 Å². The van der Waals surface area contributed by atoms with Crippen LogP contribution in [0.5, 0.6) is 0 Å². The molecule has 0 spiro atoms. The number of nitrogens with zero attached hydrogens (tertiary/aromatic N) is 1. The summed E-state index contributed by atoms with van der Waals surface area (Å²) in [4.78, 5) is 30.6. The third kappa shape index (κ3) is 4.99. The smallest absolute Gasteiger partial charge is 0.265 e. The van der Waals surface area contributed by atoms with Gasteiger partial charge < -0.3 is 15.5 Å². The van der Waals surface area contributed by atoms with E-state index in [1.807, 2.05) is 30.3 Å². The molecule has 0 bridgehead atoms. The van der Waals surface area contributed by atoms with Crippen LogP contribution in [-0.4, -0.2) is 35.7 Å². The summed E-state index contributed by atoms with van der Waals surface area (Å²) in [7, 11) is 0. The Morgan fingerprint density at radius 1 is 1.14 bits per heavy atom. The summed E-state index contributed by atoms with van der Waals surface area (Å²) in [6.45, 7) is 0. The van der Waals surface area contributed by atoms with Crippen LogP contribution in [0.15, 0.2) is 59.8 Å². The molecule has 0 unspecified atom stereocenters. The Hall–Kier alpha value is -3.22. The van der Waals surface area contributed by atoms with Gasteiger partial charge in [0.25, 0.3) is 5.91 Å². The van der Waals surface area contributed by atoms with E-state index in [9.17, 15) is 14.0 Å². The molecule has 1 aliphatic carbocycles. The Morgan fingerprint density at radius 2 is 1.93 bits per heavy atom. The van der Waals surface area contributed by atoms with Gasteiger partial charge in [-0.25, -0.2) is 4.39 Å². The SMILES string of the molecule is O=C(NC1CC1)[C@H](Cc1ccccc1)NC(=O)[C@@H]1CC(c2cccc(F)c2)=NO1. The molecular weight excluding hydrogens is 373 g/mol. The van der Waals surface area contributed by atoms with Gasteiger partial charge in [-0.15, -0.1) is 0 Å². The predicted molar refractivity (Wildman–Crippen MR) is 106 cm³/mol. The maximum atomic E-state index is 13.4. The minimum Gasteiger partial charge on any atom is -0.382 e. The van der Waals surface area contributed by atoms with Gasteiger partial charge in [-0.3, -0.25) is 9.59 Å². The molecule has 2 N–H and O–H groups in total. The van der Waals surface area contributed by atoms with Crippen molar-refractivity contribution in [2.75, 3.05) is 0 Å². The van der Waals surface area contributed by atoms with Crippen molar-refractivity contribution >= 4 is 17.5 Å². The zero-order chi connectivity index (χ0) is 20.2. The molecule has 6 nitrogen and oxygen atoms in total. The van der Waals surface area contributed by atoms with Crippen molar-refractivity contribution in [3.63, 3.8) is 0 Å². The Kier molecular flexibility index (Phi) is 5.55. The zero-order valence-corrected chi connectivity index (χ0v) is 15.8. The number of benzene rings is 2. The van der Waals surface area contributed by atoms with Crippen molar-refractivity contribution in [3.05, 3.63) is 71.5 Å². The number of carbonyl (C=O) groups is 2. The van der Waals surface area contributed by atoms with Crippen LogP contribution in [-0.2, 0) is 20.8 Å². The molecule has 2 amide bonds. The highest BCUT2D eigenvalue weighted by atomic mass is 19.1. The highest BCUT2D eigenvalue weighted by Crippen LogP contribution is 2.20. The van der Waals surface area contributed by atoms with Crippen LogP contribution in [0.25, 0.3) is 0 Å². The van der Waals surface area contributed by atoms with Gasteiger partial charge in [0.15, 0.2) is 0 Å². The largest absolute Gasteiger partial charge is 0.382 e. The van der Waals surface area contributed by atoms with Crippen molar-refractivity contribution in [3.8, 4) is 0 Å². The van der Waals surface area contributed by atoms with Gasteiger partial charge in [0.2, 0.25) is 12.0 Å². The monoisotopic (exact) mass is 395 g/mol. The van der Waals surface area contributed by atoms with Crippen LogP contribution >= 0.6 is 0 Å². The van der Waals surface area contributed by atoms with E-state index in [1.54, 1.807) is 12.1 Å². The molecular formula is C22H22FN3O3. The first kappa shape index (κ1) is 19.1. The average molecular weight is 395 g/mol. The predicted octanol–water partition coefficient (Wildman–Crippen LogP) is 2.32. The van der Waals surface area contributed by atoms with E-state index in [0.717, 1.165) is 18.4 Å². The molecule has 1 heterocycles. The number of rotatable bonds is 7. The first-order valence-corrected chi connectivity index (χ1v) is 9.72. The minimum absolute atomic E-state index is 0.198. The molecule has 1 fully saturated rings.